The molecule has 0 N–H and O–H groups in total. The molecule has 0 spiro atoms. The van der Waals surface area contributed by atoms with E-state index in [0.717, 1.165) is 22.4 Å². The number of hydrogen-bond acceptors (Lipinski definition) is 2. The van der Waals surface area contributed by atoms with Gasteiger partial charge in [0.1, 0.15) is 11.2 Å². The number of nitrogens with zero attached hydrogens (tertiary/aromatic N) is 1. The Hall–Kier alpha value is -5.41. The smallest absolute Gasteiger partial charge is 0.200 e. The maximum absolute atomic E-state index is 13.0. The molecule has 0 saturated heterocycles. The number of rotatable bonds is 3. The van der Waals surface area contributed by atoms with Gasteiger partial charge in [0.15, 0.2) is 0 Å². The molecule has 0 amide bonds. The van der Waals surface area contributed by atoms with Gasteiger partial charge in [0.05, 0.1) is 21.8 Å². The van der Waals surface area contributed by atoms with Crippen molar-refractivity contribution in [1.82, 2.24) is 4.57 Å². The summed E-state index contributed by atoms with van der Waals surface area (Å²) in [5.74, 6) is 0. The van der Waals surface area contributed by atoms with E-state index >= 15 is 0 Å². The maximum atomic E-state index is 13.0. The summed E-state index contributed by atoms with van der Waals surface area (Å²) in [7, 11) is 0. The molecular weight excluding hydrogens is 538 g/mol. The fourth-order valence-corrected chi connectivity index (χ4v) is 6.36. The fraction of sp³-hybridized carbons (Fsp3) is 0.0976. The van der Waals surface area contributed by atoms with Crippen LogP contribution >= 0.6 is 0 Å². The number of fused-ring (bicyclic) bond motifs is 5. The lowest BCUT2D eigenvalue weighted by molar-refractivity contribution is 0.591. The average Bonchev–Trinajstić information content (AvgIpc) is 3.38. The van der Waals surface area contributed by atoms with Crippen LogP contribution in [0.1, 0.15) is 26.3 Å². The van der Waals surface area contributed by atoms with Crippen molar-refractivity contribution in [3.05, 3.63) is 149 Å². The van der Waals surface area contributed by atoms with Crippen LogP contribution in [0.15, 0.2) is 143 Å². The zero-order chi connectivity index (χ0) is 30.0. The van der Waals surface area contributed by atoms with E-state index in [-0.39, 0.29) is 10.8 Å². The van der Waals surface area contributed by atoms with Crippen molar-refractivity contribution in [2.45, 2.75) is 26.2 Å². The molecule has 8 aromatic rings. The lowest BCUT2D eigenvalue weighted by Gasteiger charge is -2.19. The molecule has 0 atom stereocenters. The van der Waals surface area contributed by atoms with E-state index in [4.69, 9.17) is 4.42 Å². The Morgan fingerprint density at radius 3 is 1.80 bits per heavy atom. The molecule has 0 bridgehead atoms. The zero-order valence-electron chi connectivity index (χ0n) is 25.0. The van der Waals surface area contributed by atoms with E-state index in [1.807, 2.05) is 42.5 Å². The first-order valence-electron chi connectivity index (χ1n) is 15.1. The first kappa shape index (κ1) is 26.2. The van der Waals surface area contributed by atoms with Crippen LogP contribution in [0, 0.1) is 0 Å². The molecule has 2 aromatic heterocycles. The summed E-state index contributed by atoms with van der Waals surface area (Å²) in [6.45, 7) is 6.80. The van der Waals surface area contributed by atoms with E-state index in [0.29, 0.717) is 21.9 Å². The highest BCUT2D eigenvalue weighted by Crippen LogP contribution is 2.37. The number of aromatic nitrogens is 1. The van der Waals surface area contributed by atoms with E-state index in [2.05, 4.69) is 116 Å². The molecule has 3 heteroatoms. The maximum Gasteiger partial charge on any atom is 0.200 e. The quantitative estimate of drug-likeness (QED) is 0.198. The Morgan fingerprint density at radius 1 is 0.500 bits per heavy atom. The van der Waals surface area contributed by atoms with Gasteiger partial charge in [0, 0.05) is 16.5 Å². The van der Waals surface area contributed by atoms with Gasteiger partial charge in [-0.3, -0.25) is 4.79 Å². The SMILES string of the molecule is CC(C)(C)c1ccc2c(c1)c1cc(-c3ccc(-c4ccc5c(=O)c6ccccc6oc5c4)cc3)ccc1n2-c1ccccc1. The highest BCUT2D eigenvalue weighted by molar-refractivity contribution is 6.10. The molecule has 3 nitrogen and oxygen atoms in total. The first-order valence-corrected chi connectivity index (χ1v) is 15.1. The van der Waals surface area contributed by atoms with Crippen molar-refractivity contribution in [3.8, 4) is 27.9 Å². The van der Waals surface area contributed by atoms with Crippen LogP contribution in [-0.2, 0) is 5.41 Å². The summed E-state index contributed by atoms with van der Waals surface area (Å²) in [6, 6.07) is 46.2. The third-order valence-electron chi connectivity index (χ3n) is 8.77. The van der Waals surface area contributed by atoms with Crippen LogP contribution in [-0.4, -0.2) is 4.57 Å². The minimum absolute atomic E-state index is 0.00221. The van der Waals surface area contributed by atoms with E-state index < -0.39 is 0 Å². The molecule has 8 rings (SSSR count). The van der Waals surface area contributed by atoms with Gasteiger partial charge in [0.25, 0.3) is 0 Å². The van der Waals surface area contributed by atoms with Gasteiger partial charge in [-0.05, 0) is 93.9 Å². The standard InChI is InChI=1S/C41H31NO2/c1-41(2,3)30-19-22-37-35(25-30)34-23-28(18-21-36(34)42(37)31-9-5-4-6-10-31)26-13-15-27(16-14-26)29-17-20-33-39(24-29)44-38-12-8-7-11-32(38)40(33)43/h4-25H,1-3H3. The second-order valence-electron chi connectivity index (χ2n) is 12.6. The van der Waals surface area contributed by atoms with Crippen molar-refractivity contribution in [3.63, 3.8) is 0 Å². The monoisotopic (exact) mass is 569 g/mol. The third-order valence-corrected chi connectivity index (χ3v) is 8.77. The predicted molar refractivity (Wildman–Crippen MR) is 184 cm³/mol. The minimum Gasteiger partial charge on any atom is -0.456 e. The Bertz CT molecular complexity index is 2420. The second kappa shape index (κ2) is 9.82. The summed E-state index contributed by atoms with van der Waals surface area (Å²) in [5.41, 5.74) is 10.6. The van der Waals surface area contributed by atoms with Crippen LogP contribution < -0.4 is 5.43 Å². The van der Waals surface area contributed by atoms with Gasteiger partial charge in [-0.25, -0.2) is 0 Å². The summed E-state index contributed by atoms with van der Waals surface area (Å²) in [5, 5.41) is 3.71. The average molecular weight is 570 g/mol. The number of benzene rings is 6. The summed E-state index contributed by atoms with van der Waals surface area (Å²) in [6.07, 6.45) is 0. The molecular formula is C41H31NO2. The van der Waals surface area contributed by atoms with Gasteiger partial charge < -0.3 is 8.98 Å². The van der Waals surface area contributed by atoms with Crippen LogP contribution in [0.5, 0.6) is 0 Å². The Labute approximate surface area is 255 Å². The summed E-state index contributed by atoms with van der Waals surface area (Å²) >= 11 is 0. The molecule has 44 heavy (non-hydrogen) atoms. The van der Waals surface area contributed by atoms with Gasteiger partial charge in [-0.15, -0.1) is 0 Å². The molecule has 0 aliphatic heterocycles. The third kappa shape index (κ3) is 4.24. The molecule has 0 unspecified atom stereocenters. The summed E-state index contributed by atoms with van der Waals surface area (Å²) in [4.78, 5) is 13.0. The van der Waals surface area contributed by atoms with E-state index in [9.17, 15) is 4.79 Å². The second-order valence-corrected chi connectivity index (χ2v) is 12.6. The van der Waals surface area contributed by atoms with Crippen LogP contribution in [0.25, 0.3) is 71.7 Å². The van der Waals surface area contributed by atoms with Crippen molar-refractivity contribution in [2.24, 2.45) is 0 Å². The number of hydrogen-bond donors (Lipinski definition) is 0. The zero-order valence-corrected chi connectivity index (χ0v) is 25.0. The molecule has 0 radical (unpaired) electrons. The molecule has 0 aliphatic rings. The first-order chi connectivity index (χ1) is 21.3. The van der Waals surface area contributed by atoms with Gasteiger partial charge in [-0.1, -0.05) is 93.6 Å². The van der Waals surface area contributed by atoms with Gasteiger partial charge in [0.2, 0.25) is 5.43 Å². The molecule has 6 aromatic carbocycles. The molecule has 2 heterocycles. The van der Waals surface area contributed by atoms with Crippen LogP contribution in [0.3, 0.4) is 0 Å². The highest BCUT2D eigenvalue weighted by Gasteiger charge is 2.18. The molecule has 0 saturated carbocycles. The Kier molecular flexibility index (Phi) is 5.85. The number of para-hydroxylation sites is 2. The summed E-state index contributed by atoms with van der Waals surface area (Å²) < 4.78 is 8.49. The van der Waals surface area contributed by atoms with Gasteiger partial charge >= 0.3 is 0 Å². The topological polar surface area (TPSA) is 35.1 Å². The lowest BCUT2D eigenvalue weighted by atomic mass is 9.86. The fourth-order valence-electron chi connectivity index (χ4n) is 6.36. The van der Waals surface area contributed by atoms with Crippen LogP contribution in [0.2, 0.25) is 0 Å². The Balaban J connectivity index is 1.23. The van der Waals surface area contributed by atoms with Crippen molar-refractivity contribution >= 4 is 43.7 Å². The van der Waals surface area contributed by atoms with E-state index in [1.165, 1.54) is 32.9 Å². The molecule has 0 aliphatic carbocycles. The lowest BCUT2D eigenvalue weighted by Crippen LogP contribution is -2.10. The molecule has 0 fully saturated rings. The van der Waals surface area contributed by atoms with E-state index in [1.54, 1.807) is 0 Å². The largest absolute Gasteiger partial charge is 0.456 e. The van der Waals surface area contributed by atoms with Crippen LogP contribution in [0.4, 0.5) is 0 Å². The predicted octanol–water partition coefficient (Wildman–Crippen LogP) is 10.7. The van der Waals surface area contributed by atoms with Crippen molar-refractivity contribution < 1.29 is 4.42 Å². The van der Waals surface area contributed by atoms with Crippen molar-refractivity contribution in [1.29, 1.82) is 0 Å². The Morgan fingerprint density at radius 2 is 1.07 bits per heavy atom. The minimum atomic E-state index is 0.00221. The van der Waals surface area contributed by atoms with Crippen molar-refractivity contribution in [2.75, 3.05) is 0 Å². The molecule has 212 valence electrons. The highest BCUT2D eigenvalue weighted by atomic mass is 16.3. The van der Waals surface area contributed by atoms with Gasteiger partial charge in [-0.2, -0.15) is 0 Å². The normalized spacial score (nSPS) is 12.1.